The van der Waals surface area contributed by atoms with E-state index in [0.717, 1.165) is 36.0 Å². The number of nitrogens with zero attached hydrogens (tertiary/aromatic N) is 1. The smallest absolute Gasteiger partial charge is 0.338 e. The first-order valence-corrected chi connectivity index (χ1v) is 7.27. The van der Waals surface area contributed by atoms with Gasteiger partial charge in [0, 0.05) is 24.6 Å². The van der Waals surface area contributed by atoms with Crippen LogP contribution >= 0.6 is 11.8 Å². The zero-order chi connectivity index (χ0) is 13.0. The Kier molecular flexibility index (Phi) is 4.36. The van der Waals surface area contributed by atoms with Crippen LogP contribution in [-0.2, 0) is 4.74 Å². The molecule has 2 N–H and O–H groups in total. The molecule has 1 aliphatic heterocycles. The molecule has 0 radical (unpaired) electrons. The van der Waals surface area contributed by atoms with E-state index >= 15 is 0 Å². The van der Waals surface area contributed by atoms with E-state index < -0.39 is 0 Å². The molecule has 1 aliphatic rings. The molecule has 4 nitrogen and oxygen atoms in total. The normalized spacial score (nSPS) is 15.5. The van der Waals surface area contributed by atoms with Crippen LogP contribution in [0.15, 0.2) is 18.2 Å². The fourth-order valence-electron chi connectivity index (χ4n) is 1.96. The number of carbonyl (C=O) groups excluding carboxylic acids is 1. The highest BCUT2D eigenvalue weighted by atomic mass is 32.2. The fraction of sp³-hybridized carbons (Fsp3) is 0.462. The van der Waals surface area contributed by atoms with Crippen molar-refractivity contribution in [2.45, 2.75) is 6.92 Å². The average molecular weight is 266 g/mol. The third-order valence-electron chi connectivity index (χ3n) is 2.89. The second-order valence-corrected chi connectivity index (χ2v) is 5.32. The van der Waals surface area contributed by atoms with Gasteiger partial charge < -0.3 is 15.4 Å². The Morgan fingerprint density at radius 3 is 2.83 bits per heavy atom. The minimum atomic E-state index is -0.287. The van der Waals surface area contributed by atoms with Gasteiger partial charge in [0.2, 0.25) is 0 Å². The summed E-state index contributed by atoms with van der Waals surface area (Å²) in [5.41, 5.74) is 8.23. The molecule has 0 aliphatic carbocycles. The van der Waals surface area contributed by atoms with Crippen LogP contribution in [0.4, 0.5) is 11.4 Å². The lowest BCUT2D eigenvalue weighted by molar-refractivity contribution is 0.0526. The molecule has 1 heterocycles. The predicted molar refractivity (Wildman–Crippen MR) is 76.3 cm³/mol. The van der Waals surface area contributed by atoms with Crippen molar-refractivity contribution in [2.24, 2.45) is 0 Å². The van der Waals surface area contributed by atoms with Crippen LogP contribution < -0.4 is 10.6 Å². The number of rotatable bonds is 3. The minimum Gasteiger partial charge on any atom is -0.462 e. The zero-order valence-corrected chi connectivity index (χ0v) is 11.3. The molecule has 0 bridgehead atoms. The van der Waals surface area contributed by atoms with Crippen LogP contribution in [0.5, 0.6) is 0 Å². The summed E-state index contributed by atoms with van der Waals surface area (Å²) in [5, 5.41) is 0. The number of nitrogen functional groups attached to an aromatic ring is 1. The van der Waals surface area contributed by atoms with Gasteiger partial charge in [-0.3, -0.25) is 0 Å². The largest absolute Gasteiger partial charge is 0.462 e. The molecule has 1 saturated heterocycles. The van der Waals surface area contributed by atoms with Crippen molar-refractivity contribution in [1.82, 2.24) is 0 Å². The number of esters is 1. The lowest BCUT2D eigenvalue weighted by Crippen LogP contribution is -2.33. The number of thioether (sulfide) groups is 1. The van der Waals surface area contributed by atoms with Gasteiger partial charge in [-0.2, -0.15) is 11.8 Å². The number of hydrogen-bond donors (Lipinski definition) is 1. The topological polar surface area (TPSA) is 55.6 Å². The minimum absolute atomic E-state index is 0.287. The van der Waals surface area contributed by atoms with Gasteiger partial charge in [0.1, 0.15) is 0 Å². The Labute approximate surface area is 111 Å². The van der Waals surface area contributed by atoms with Crippen LogP contribution in [0, 0.1) is 0 Å². The molecule has 2 rings (SSSR count). The Bertz CT molecular complexity index is 431. The molecule has 0 aromatic heterocycles. The Morgan fingerprint density at radius 2 is 2.17 bits per heavy atom. The molecule has 1 fully saturated rings. The molecule has 0 amide bonds. The van der Waals surface area contributed by atoms with E-state index in [1.165, 1.54) is 0 Å². The summed E-state index contributed by atoms with van der Waals surface area (Å²) < 4.78 is 5.01. The molecule has 5 heteroatoms. The first-order chi connectivity index (χ1) is 8.72. The molecule has 1 aromatic rings. The van der Waals surface area contributed by atoms with Gasteiger partial charge in [0.05, 0.1) is 23.5 Å². The number of nitrogens with two attached hydrogens (primary N) is 1. The highest BCUT2D eigenvalue weighted by molar-refractivity contribution is 7.99. The maximum absolute atomic E-state index is 11.7. The quantitative estimate of drug-likeness (QED) is 0.670. The Balaban J connectivity index is 2.23. The number of benzene rings is 1. The van der Waals surface area contributed by atoms with E-state index in [2.05, 4.69) is 4.90 Å². The Morgan fingerprint density at radius 1 is 1.44 bits per heavy atom. The summed E-state index contributed by atoms with van der Waals surface area (Å²) >= 11 is 1.94. The molecule has 0 spiro atoms. The molecular formula is C13H18N2O2S. The van der Waals surface area contributed by atoms with Gasteiger partial charge in [-0.05, 0) is 25.1 Å². The van der Waals surface area contributed by atoms with E-state index in [1.807, 2.05) is 17.8 Å². The van der Waals surface area contributed by atoms with Crippen LogP contribution in [0.2, 0.25) is 0 Å². The van der Waals surface area contributed by atoms with Gasteiger partial charge in [0.15, 0.2) is 0 Å². The Hall–Kier alpha value is -1.36. The first-order valence-electron chi connectivity index (χ1n) is 6.11. The molecule has 98 valence electrons. The molecule has 0 saturated carbocycles. The second-order valence-electron chi connectivity index (χ2n) is 4.09. The van der Waals surface area contributed by atoms with Crippen molar-refractivity contribution < 1.29 is 9.53 Å². The highest BCUT2D eigenvalue weighted by Crippen LogP contribution is 2.27. The van der Waals surface area contributed by atoms with Crippen molar-refractivity contribution in [3.05, 3.63) is 23.8 Å². The SMILES string of the molecule is CCOC(=O)c1ccc(N)c(N2CCSCC2)c1. The summed E-state index contributed by atoms with van der Waals surface area (Å²) in [6.45, 7) is 4.14. The van der Waals surface area contributed by atoms with Crippen molar-refractivity contribution in [3.63, 3.8) is 0 Å². The number of anilines is 2. The van der Waals surface area contributed by atoms with Gasteiger partial charge >= 0.3 is 5.97 Å². The van der Waals surface area contributed by atoms with Crippen molar-refractivity contribution in [2.75, 3.05) is 41.8 Å². The number of hydrogen-bond acceptors (Lipinski definition) is 5. The van der Waals surface area contributed by atoms with E-state index in [4.69, 9.17) is 10.5 Å². The molecular weight excluding hydrogens is 248 g/mol. The highest BCUT2D eigenvalue weighted by Gasteiger charge is 2.16. The zero-order valence-electron chi connectivity index (χ0n) is 10.5. The van der Waals surface area contributed by atoms with E-state index in [-0.39, 0.29) is 5.97 Å². The molecule has 18 heavy (non-hydrogen) atoms. The lowest BCUT2D eigenvalue weighted by Gasteiger charge is -2.29. The summed E-state index contributed by atoms with van der Waals surface area (Å²) in [6, 6.07) is 5.34. The summed E-state index contributed by atoms with van der Waals surface area (Å²) in [7, 11) is 0. The standard InChI is InChI=1S/C13H18N2O2S/c1-2-17-13(16)10-3-4-11(14)12(9-10)15-5-7-18-8-6-15/h3-4,9H,2,5-8,14H2,1H3. The van der Waals surface area contributed by atoms with E-state index in [1.54, 1.807) is 19.1 Å². The van der Waals surface area contributed by atoms with Crippen LogP contribution in [0.1, 0.15) is 17.3 Å². The average Bonchev–Trinajstić information content (AvgIpc) is 2.40. The summed E-state index contributed by atoms with van der Waals surface area (Å²) in [6.07, 6.45) is 0. The summed E-state index contributed by atoms with van der Waals surface area (Å²) in [5.74, 6) is 1.91. The van der Waals surface area contributed by atoms with Gasteiger partial charge in [0.25, 0.3) is 0 Å². The molecule has 0 unspecified atom stereocenters. The first kappa shape index (κ1) is 13.1. The van der Waals surface area contributed by atoms with Gasteiger partial charge in [-0.1, -0.05) is 0 Å². The second kappa shape index (κ2) is 6.00. The molecule has 0 atom stereocenters. The third-order valence-corrected chi connectivity index (χ3v) is 3.84. The van der Waals surface area contributed by atoms with E-state index in [9.17, 15) is 4.79 Å². The van der Waals surface area contributed by atoms with Crippen molar-refractivity contribution >= 4 is 29.1 Å². The third kappa shape index (κ3) is 2.90. The van der Waals surface area contributed by atoms with Crippen LogP contribution in [0.3, 0.4) is 0 Å². The monoisotopic (exact) mass is 266 g/mol. The summed E-state index contributed by atoms with van der Waals surface area (Å²) in [4.78, 5) is 13.9. The van der Waals surface area contributed by atoms with E-state index in [0.29, 0.717) is 12.2 Å². The number of carbonyl (C=O) groups is 1. The van der Waals surface area contributed by atoms with Gasteiger partial charge in [-0.15, -0.1) is 0 Å². The molecule has 1 aromatic carbocycles. The van der Waals surface area contributed by atoms with Crippen molar-refractivity contribution in [1.29, 1.82) is 0 Å². The number of ether oxygens (including phenoxy) is 1. The fourth-order valence-corrected chi connectivity index (χ4v) is 2.87. The van der Waals surface area contributed by atoms with Crippen molar-refractivity contribution in [3.8, 4) is 0 Å². The predicted octanol–water partition coefficient (Wildman–Crippen LogP) is 2.00. The van der Waals surface area contributed by atoms with Crippen LogP contribution in [-0.4, -0.2) is 37.2 Å². The van der Waals surface area contributed by atoms with Gasteiger partial charge in [-0.25, -0.2) is 4.79 Å². The maximum atomic E-state index is 11.7. The van der Waals surface area contributed by atoms with Crippen LogP contribution in [0.25, 0.3) is 0 Å². The maximum Gasteiger partial charge on any atom is 0.338 e. The lowest BCUT2D eigenvalue weighted by atomic mass is 10.1.